The Kier molecular flexibility index (Phi) is 4.89. The Labute approximate surface area is 104 Å². The molecule has 0 heterocycles. The van der Waals surface area contributed by atoms with Crippen LogP contribution in [-0.2, 0) is 0 Å². The second-order valence-electron chi connectivity index (χ2n) is 3.97. The molecule has 0 aromatic rings. The molecule has 16 heavy (non-hydrogen) atoms. The topological polar surface area (TPSA) is 75.5 Å². The van der Waals surface area contributed by atoms with Crippen molar-refractivity contribution in [3.8, 4) is 0 Å². The van der Waals surface area contributed by atoms with Gasteiger partial charge in [-0.25, -0.2) is 5.84 Å². The molecule has 0 saturated heterocycles. The molecule has 90 valence electrons. The van der Waals surface area contributed by atoms with Crippen molar-refractivity contribution in [1.29, 1.82) is 0 Å². The summed E-state index contributed by atoms with van der Waals surface area (Å²) in [7, 11) is 0. The number of hydrogen-bond acceptors (Lipinski definition) is 4. The van der Waals surface area contributed by atoms with Crippen molar-refractivity contribution in [3.05, 3.63) is 34.3 Å². The highest BCUT2D eigenvalue weighted by molar-refractivity contribution is 9.11. The first-order valence-corrected chi connectivity index (χ1v) is 6.01. The minimum absolute atomic E-state index is 0.0849. The predicted octanol–water partition coefficient (Wildman–Crippen LogP) is 2.11. The van der Waals surface area contributed by atoms with Crippen molar-refractivity contribution in [3.63, 3.8) is 0 Å². The summed E-state index contributed by atoms with van der Waals surface area (Å²) in [6.45, 7) is 2.79. The Balaban J connectivity index is 2.53. The van der Waals surface area contributed by atoms with Crippen LogP contribution in [0, 0.1) is 5.92 Å². The van der Waals surface area contributed by atoms with Crippen molar-refractivity contribution in [1.82, 2.24) is 5.01 Å². The van der Waals surface area contributed by atoms with Crippen LogP contribution < -0.4 is 11.6 Å². The maximum atomic E-state index is 9.50. The lowest BCUT2D eigenvalue weighted by Crippen LogP contribution is -2.31. The molecule has 0 radical (unpaired) electrons. The SMILES string of the molecule is C\C(=C/C=C(O)\C(Br)=C\N)N(N)CC1CC1. The van der Waals surface area contributed by atoms with Gasteiger partial charge in [0.2, 0.25) is 0 Å². The van der Waals surface area contributed by atoms with Gasteiger partial charge in [-0.05, 0) is 53.8 Å². The summed E-state index contributed by atoms with van der Waals surface area (Å²) in [5.41, 5.74) is 6.16. The van der Waals surface area contributed by atoms with Crippen LogP contribution in [0.25, 0.3) is 0 Å². The van der Waals surface area contributed by atoms with Gasteiger partial charge >= 0.3 is 0 Å². The molecule has 1 aliphatic rings. The fraction of sp³-hybridized carbons (Fsp3) is 0.455. The molecule has 1 fully saturated rings. The maximum Gasteiger partial charge on any atom is 0.131 e. The van der Waals surface area contributed by atoms with Gasteiger partial charge < -0.3 is 15.8 Å². The van der Waals surface area contributed by atoms with E-state index in [4.69, 9.17) is 11.6 Å². The molecule has 0 aliphatic heterocycles. The number of allylic oxidation sites excluding steroid dienone is 4. The number of hydrazine groups is 1. The van der Waals surface area contributed by atoms with Crippen LogP contribution in [0.1, 0.15) is 19.8 Å². The zero-order chi connectivity index (χ0) is 12.1. The van der Waals surface area contributed by atoms with Crippen LogP contribution in [0.3, 0.4) is 0 Å². The number of nitrogens with two attached hydrogens (primary N) is 2. The fourth-order valence-electron chi connectivity index (χ4n) is 1.18. The van der Waals surface area contributed by atoms with E-state index in [1.54, 1.807) is 17.2 Å². The van der Waals surface area contributed by atoms with Crippen LogP contribution in [-0.4, -0.2) is 16.7 Å². The molecule has 1 aliphatic carbocycles. The molecule has 0 aromatic heterocycles. The van der Waals surface area contributed by atoms with E-state index in [0.29, 0.717) is 4.48 Å². The van der Waals surface area contributed by atoms with Gasteiger partial charge in [-0.1, -0.05) is 0 Å². The molecule has 0 atom stereocenters. The molecular weight excluding hydrogens is 270 g/mol. The van der Waals surface area contributed by atoms with E-state index in [2.05, 4.69) is 15.9 Å². The average Bonchev–Trinajstić information content (AvgIpc) is 3.07. The van der Waals surface area contributed by atoms with E-state index in [1.165, 1.54) is 19.0 Å². The first kappa shape index (κ1) is 13.1. The number of rotatable bonds is 5. The van der Waals surface area contributed by atoms with E-state index >= 15 is 0 Å². The smallest absolute Gasteiger partial charge is 0.131 e. The summed E-state index contributed by atoms with van der Waals surface area (Å²) in [5, 5.41) is 11.2. The highest BCUT2D eigenvalue weighted by Crippen LogP contribution is 2.29. The lowest BCUT2D eigenvalue weighted by atomic mass is 10.3. The zero-order valence-corrected chi connectivity index (χ0v) is 10.9. The Hall–Kier alpha value is -0.940. The highest BCUT2D eigenvalue weighted by Gasteiger charge is 2.23. The zero-order valence-electron chi connectivity index (χ0n) is 9.36. The average molecular weight is 288 g/mol. The van der Waals surface area contributed by atoms with E-state index in [0.717, 1.165) is 18.2 Å². The fourth-order valence-corrected chi connectivity index (χ4v) is 1.32. The quantitative estimate of drug-likeness (QED) is 0.313. The van der Waals surface area contributed by atoms with Gasteiger partial charge in [0.05, 0.1) is 4.48 Å². The van der Waals surface area contributed by atoms with E-state index in [9.17, 15) is 5.11 Å². The van der Waals surface area contributed by atoms with Gasteiger partial charge in [-0.3, -0.25) is 0 Å². The third-order valence-electron chi connectivity index (χ3n) is 2.48. The summed E-state index contributed by atoms with van der Waals surface area (Å²) in [5.74, 6) is 6.68. The van der Waals surface area contributed by atoms with E-state index < -0.39 is 0 Å². The third-order valence-corrected chi connectivity index (χ3v) is 3.15. The summed E-state index contributed by atoms with van der Waals surface area (Å²) in [6.07, 6.45) is 7.16. The van der Waals surface area contributed by atoms with Crippen LogP contribution in [0.15, 0.2) is 34.3 Å². The van der Waals surface area contributed by atoms with Crippen LogP contribution in [0.2, 0.25) is 0 Å². The molecular formula is C11H18BrN3O. The summed E-state index contributed by atoms with van der Waals surface area (Å²) in [4.78, 5) is 0. The Bertz CT molecular complexity index is 332. The molecule has 1 rings (SSSR count). The third kappa shape index (κ3) is 4.28. The van der Waals surface area contributed by atoms with Crippen molar-refractivity contribution < 1.29 is 5.11 Å². The van der Waals surface area contributed by atoms with Gasteiger partial charge in [0.25, 0.3) is 0 Å². The van der Waals surface area contributed by atoms with Crippen LogP contribution in [0.5, 0.6) is 0 Å². The number of aliphatic hydroxyl groups excluding tert-OH is 1. The normalized spacial score (nSPS) is 18.8. The lowest BCUT2D eigenvalue weighted by Gasteiger charge is -2.18. The molecule has 0 unspecified atom stereocenters. The van der Waals surface area contributed by atoms with E-state index in [-0.39, 0.29) is 5.76 Å². The summed E-state index contributed by atoms with van der Waals surface area (Å²) >= 11 is 3.12. The summed E-state index contributed by atoms with van der Waals surface area (Å²) in [6, 6.07) is 0. The molecule has 0 aromatic carbocycles. The number of halogens is 1. The van der Waals surface area contributed by atoms with Crippen molar-refractivity contribution >= 4 is 15.9 Å². The largest absolute Gasteiger partial charge is 0.507 e. The molecule has 4 nitrogen and oxygen atoms in total. The number of hydrogen-bond donors (Lipinski definition) is 3. The first-order chi connectivity index (χ1) is 7.54. The van der Waals surface area contributed by atoms with Crippen LogP contribution in [0.4, 0.5) is 0 Å². The van der Waals surface area contributed by atoms with Crippen LogP contribution >= 0.6 is 15.9 Å². The van der Waals surface area contributed by atoms with Gasteiger partial charge in [0.1, 0.15) is 5.76 Å². The molecule has 5 heteroatoms. The Morgan fingerprint density at radius 1 is 1.50 bits per heavy atom. The second kappa shape index (κ2) is 5.96. The monoisotopic (exact) mass is 287 g/mol. The predicted molar refractivity (Wildman–Crippen MR) is 69.3 cm³/mol. The molecule has 5 N–H and O–H groups in total. The molecule has 1 saturated carbocycles. The summed E-state index contributed by atoms with van der Waals surface area (Å²) < 4.78 is 0.460. The van der Waals surface area contributed by atoms with E-state index in [1.807, 2.05) is 6.92 Å². The van der Waals surface area contributed by atoms with Gasteiger partial charge in [0.15, 0.2) is 0 Å². The van der Waals surface area contributed by atoms with Gasteiger partial charge in [0, 0.05) is 18.4 Å². The van der Waals surface area contributed by atoms with Gasteiger partial charge in [-0.15, -0.1) is 0 Å². The minimum Gasteiger partial charge on any atom is -0.507 e. The molecule has 0 amide bonds. The Morgan fingerprint density at radius 3 is 2.62 bits per heavy atom. The number of nitrogens with zero attached hydrogens (tertiary/aromatic N) is 1. The van der Waals surface area contributed by atoms with Crippen molar-refractivity contribution in [2.75, 3.05) is 6.54 Å². The first-order valence-electron chi connectivity index (χ1n) is 5.22. The van der Waals surface area contributed by atoms with Gasteiger partial charge in [-0.2, -0.15) is 0 Å². The Morgan fingerprint density at radius 2 is 2.12 bits per heavy atom. The molecule has 0 spiro atoms. The van der Waals surface area contributed by atoms with Crippen molar-refractivity contribution in [2.24, 2.45) is 17.5 Å². The highest BCUT2D eigenvalue weighted by atomic mass is 79.9. The standard InChI is InChI=1S/C11H18BrN3O/c1-8(15(14)7-9-3-4-9)2-5-11(16)10(12)6-13/h2,5-6,9,16H,3-4,7,13-14H2,1H3/b8-2+,10-6-,11-5+. The number of aliphatic hydroxyl groups is 1. The second-order valence-corrected chi connectivity index (χ2v) is 4.82. The lowest BCUT2D eigenvalue weighted by molar-refractivity contribution is 0.343. The molecule has 0 bridgehead atoms. The minimum atomic E-state index is 0.0849. The maximum absolute atomic E-state index is 9.50. The van der Waals surface area contributed by atoms with Crippen molar-refractivity contribution in [2.45, 2.75) is 19.8 Å².